The fourth-order valence-electron chi connectivity index (χ4n) is 3.14. The normalized spacial score (nSPS) is 16.6. The molecule has 1 aliphatic heterocycles. The summed E-state index contributed by atoms with van der Waals surface area (Å²) in [6.07, 6.45) is 0.0828. The molecule has 1 fully saturated rings. The van der Waals surface area contributed by atoms with E-state index in [0.29, 0.717) is 5.69 Å². The first-order valence-corrected chi connectivity index (χ1v) is 8.28. The maximum atomic E-state index is 12.6. The lowest BCUT2D eigenvalue weighted by Crippen LogP contribution is -2.28. The molecule has 1 aliphatic rings. The number of nitro groups is 1. The van der Waals surface area contributed by atoms with E-state index in [0.717, 1.165) is 16.8 Å². The average molecular weight is 353 g/mol. The lowest BCUT2D eigenvalue weighted by atomic mass is 10.1. The van der Waals surface area contributed by atoms with E-state index in [4.69, 9.17) is 0 Å². The monoisotopic (exact) mass is 353 g/mol. The Morgan fingerprint density at radius 2 is 1.85 bits per heavy atom. The van der Waals surface area contributed by atoms with Crippen LogP contribution in [0.5, 0.6) is 0 Å². The van der Waals surface area contributed by atoms with Crippen LogP contribution in [0, 0.1) is 29.9 Å². The van der Waals surface area contributed by atoms with E-state index >= 15 is 0 Å². The van der Waals surface area contributed by atoms with Gasteiger partial charge in [-0.1, -0.05) is 24.3 Å². The summed E-state index contributed by atoms with van der Waals surface area (Å²) in [5, 5.41) is 13.8. The topological polar surface area (TPSA) is 92.6 Å². The minimum absolute atomic E-state index is 0.0828. The molecule has 1 N–H and O–H groups in total. The van der Waals surface area contributed by atoms with Crippen LogP contribution in [-0.4, -0.2) is 23.3 Å². The van der Waals surface area contributed by atoms with E-state index in [9.17, 15) is 19.7 Å². The van der Waals surface area contributed by atoms with Crippen molar-refractivity contribution < 1.29 is 14.5 Å². The fourth-order valence-corrected chi connectivity index (χ4v) is 3.14. The van der Waals surface area contributed by atoms with Crippen LogP contribution in [0.15, 0.2) is 42.5 Å². The third-order valence-corrected chi connectivity index (χ3v) is 4.58. The lowest BCUT2D eigenvalue weighted by Gasteiger charge is -2.17. The molecular weight excluding hydrogens is 334 g/mol. The first-order valence-electron chi connectivity index (χ1n) is 8.28. The van der Waals surface area contributed by atoms with Gasteiger partial charge >= 0.3 is 0 Å². The molecular formula is C19H19N3O4. The molecule has 3 rings (SSSR count). The van der Waals surface area contributed by atoms with Gasteiger partial charge in [-0.15, -0.1) is 0 Å². The first-order chi connectivity index (χ1) is 12.4. The number of amides is 2. The fraction of sp³-hybridized carbons (Fsp3) is 0.263. The van der Waals surface area contributed by atoms with E-state index in [1.807, 2.05) is 32.0 Å². The third kappa shape index (κ3) is 3.42. The first kappa shape index (κ1) is 17.6. The lowest BCUT2D eigenvalue weighted by molar-refractivity contribution is -0.384. The van der Waals surface area contributed by atoms with Crippen molar-refractivity contribution in [3.63, 3.8) is 0 Å². The molecule has 2 aromatic rings. The van der Waals surface area contributed by atoms with E-state index in [1.165, 1.54) is 23.1 Å². The molecule has 0 unspecified atom stereocenters. The van der Waals surface area contributed by atoms with Gasteiger partial charge in [0, 0.05) is 30.8 Å². The summed E-state index contributed by atoms with van der Waals surface area (Å²) in [5.41, 5.74) is 3.03. The molecule has 0 saturated carbocycles. The van der Waals surface area contributed by atoms with Crippen molar-refractivity contribution in [2.24, 2.45) is 5.92 Å². The van der Waals surface area contributed by atoms with E-state index < -0.39 is 10.8 Å². The molecule has 2 amide bonds. The zero-order valence-electron chi connectivity index (χ0n) is 14.6. The Balaban J connectivity index is 1.76. The van der Waals surface area contributed by atoms with Crippen molar-refractivity contribution in [2.45, 2.75) is 20.3 Å². The van der Waals surface area contributed by atoms with E-state index in [-0.39, 0.29) is 30.5 Å². The van der Waals surface area contributed by atoms with Gasteiger partial charge in [0.25, 0.3) is 5.69 Å². The van der Waals surface area contributed by atoms with Crippen LogP contribution in [0.25, 0.3) is 0 Å². The summed E-state index contributed by atoms with van der Waals surface area (Å²) in [5.74, 6) is -0.934. The number of carbonyl (C=O) groups is 2. The number of rotatable bonds is 4. The third-order valence-electron chi connectivity index (χ3n) is 4.58. The van der Waals surface area contributed by atoms with Gasteiger partial charge in [-0.2, -0.15) is 0 Å². The molecule has 0 aliphatic carbocycles. The van der Waals surface area contributed by atoms with Crippen LogP contribution in [-0.2, 0) is 9.59 Å². The van der Waals surface area contributed by atoms with E-state index in [1.54, 1.807) is 6.07 Å². The van der Waals surface area contributed by atoms with Crippen LogP contribution in [0.3, 0.4) is 0 Å². The standard InChI is InChI=1S/C19H19N3O4/c1-12-5-3-6-13(2)18(12)20-19(24)14-9-17(23)21(11-14)15-7-4-8-16(10-15)22(25)26/h3-8,10,14H,9,11H2,1-2H3,(H,20,24)/t14-/m1/s1. The van der Waals surface area contributed by atoms with Crippen LogP contribution in [0.4, 0.5) is 17.1 Å². The van der Waals surface area contributed by atoms with Crippen LogP contribution in [0.2, 0.25) is 0 Å². The number of hydrogen-bond donors (Lipinski definition) is 1. The zero-order valence-corrected chi connectivity index (χ0v) is 14.6. The Labute approximate surface area is 150 Å². The van der Waals surface area contributed by atoms with Crippen molar-refractivity contribution in [1.82, 2.24) is 0 Å². The molecule has 1 atom stereocenters. The van der Waals surface area contributed by atoms with Gasteiger partial charge in [0.1, 0.15) is 0 Å². The zero-order chi connectivity index (χ0) is 18.8. The van der Waals surface area contributed by atoms with Gasteiger partial charge in [0.2, 0.25) is 11.8 Å². The van der Waals surface area contributed by atoms with Gasteiger partial charge in [-0.3, -0.25) is 19.7 Å². The van der Waals surface area contributed by atoms with Gasteiger partial charge in [0.15, 0.2) is 0 Å². The quantitative estimate of drug-likeness (QED) is 0.675. The minimum atomic E-state index is -0.505. The van der Waals surface area contributed by atoms with Gasteiger partial charge < -0.3 is 10.2 Å². The minimum Gasteiger partial charge on any atom is -0.325 e. The Morgan fingerprint density at radius 3 is 2.50 bits per heavy atom. The molecule has 1 heterocycles. The SMILES string of the molecule is Cc1cccc(C)c1NC(=O)[C@@H]1CC(=O)N(c2cccc([N+](=O)[O-])c2)C1. The van der Waals surface area contributed by atoms with Crippen LogP contribution < -0.4 is 10.2 Å². The summed E-state index contributed by atoms with van der Waals surface area (Å²) < 4.78 is 0. The molecule has 7 nitrogen and oxygen atoms in total. The predicted molar refractivity (Wildman–Crippen MR) is 98.1 cm³/mol. The molecule has 134 valence electrons. The van der Waals surface area contributed by atoms with Crippen molar-refractivity contribution in [3.05, 3.63) is 63.7 Å². The molecule has 0 aromatic heterocycles. The Hall–Kier alpha value is -3.22. The summed E-state index contributed by atoms with van der Waals surface area (Å²) in [7, 11) is 0. The average Bonchev–Trinajstić information content (AvgIpc) is 3.00. The number of benzene rings is 2. The number of nitro benzene ring substituents is 1. The highest BCUT2D eigenvalue weighted by molar-refractivity contribution is 6.04. The second-order valence-electron chi connectivity index (χ2n) is 6.44. The van der Waals surface area contributed by atoms with Gasteiger partial charge in [-0.05, 0) is 31.0 Å². The predicted octanol–water partition coefficient (Wildman–Crippen LogP) is 3.20. The number of para-hydroxylation sites is 1. The van der Waals surface area contributed by atoms with E-state index in [2.05, 4.69) is 5.32 Å². The van der Waals surface area contributed by atoms with Gasteiger partial charge in [0.05, 0.1) is 16.5 Å². The van der Waals surface area contributed by atoms with Crippen molar-refractivity contribution in [1.29, 1.82) is 0 Å². The number of nitrogens with one attached hydrogen (secondary N) is 1. The van der Waals surface area contributed by atoms with Crippen LogP contribution >= 0.6 is 0 Å². The number of anilines is 2. The highest BCUT2D eigenvalue weighted by atomic mass is 16.6. The molecule has 0 radical (unpaired) electrons. The molecule has 1 saturated heterocycles. The second-order valence-corrected chi connectivity index (χ2v) is 6.44. The van der Waals surface area contributed by atoms with Crippen LogP contribution in [0.1, 0.15) is 17.5 Å². The number of aryl methyl sites for hydroxylation is 2. The van der Waals surface area contributed by atoms with Crippen molar-refractivity contribution in [3.8, 4) is 0 Å². The Bertz CT molecular complexity index is 874. The van der Waals surface area contributed by atoms with Gasteiger partial charge in [-0.25, -0.2) is 0 Å². The highest BCUT2D eigenvalue weighted by Crippen LogP contribution is 2.29. The molecule has 2 aromatic carbocycles. The van der Waals surface area contributed by atoms with Crippen molar-refractivity contribution in [2.75, 3.05) is 16.8 Å². The number of nitrogens with zero attached hydrogens (tertiary/aromatic N) is 2. The Morgan fingerprint density at radius 1 is 1.19 bits per heavy atom. The second kappa shape index (κ2) is 6.95. The molecule has 26 heavy (non-hydrogen) atoms. The maximum Gasteiger partial charge on any atom is 0.271 e. The highest BCUT2D eigenvalue weighted by Gasteiger charge is 2.35. The summed E-state index contributed by atoms with van der Waals surface area (Å²) in [6, 6.07) is 11.6. The molecule has 7 heteroatoms. The summed E-state index contributed by atoms with van der Waals surface area (Å²) >= 11 is 0. The maximum absolute atomic E-state index is 12.6. The number of hydrogen-bond acceptors (Lipinski definition) is 4. The van der Waals surface area contributed by atoms with Crippen molar-refractivity contribution >= 4 is 28.9 Å². The molecule has 0 bridgehead atoms. The Kier molecular flexibility index (Phi) is 4.71. The molecule has 0 spiro atoms. The smallest absolute Gasteiger partial charge is 0.271 e. The number of carbonyl (C=O) groups excluding carboxylic acids is 2. The number of non-ortho nitro benzene ring substituents is 1. The summed E-state index contributed by atoms with van der Waals surface area (Å²) in [4.78, 5) is 36.8. The summed E-state index contributed by atoms with van der Waals surface area (Å²) in [6.45, 7) is 4.03. The largest absolute Gasteiger partial charge is 0.325 e.